The van der Waals surface area contributed by atoms with E-state index in [9.17, 15) is 9.59 Å². The van der Waals surface area contributed by atoms with E-state index in [-0.39, 0.29) is 30.1 Å². The van der Waals surface area contributed by atoms with Crippen molar-refractivity contribution in [1.29, 1.82) is 0 Å². The van der Waals surface area contributed by atoms with Crippen molar-refractivity contribution in [3.8, 4) is 0 Å². The highest BCUT2D eigenvalue weighted by molar-refractivity contribution is 5.85. The van der Waals surface area contributed by atoms with E-state index in [0.717, 1.165) is 29.9 Å². The van der Waals surface area contributed by atoms with Crippen LogP contribution in [0.25, 0.3) is 0 Å². The Labute approximate surface area is 277 Å². The van der Waals surface area contributed by atoms with Gasteiger partial charge in [0.2, 0.25) is 5.91 Å². The number of aromatic amines is 1. The smallest absolute Gasteiger partial charge is 0.222 e. The molecule has 266 valence electrons. The van der Waals surface area contributed by atoms with Gasteiger partial charge in [-0.15, -0.1) is 10.2 Å². The summed E-state index contributed by atoms with van der Waals surface area (Å²) in [5.74, 6) is -0.0145. The highest BCUT2D eigenvalue weighted by Gasteiger charge is 2.21. The molecule has 2 heterocycles. The fourth-order valence-corrected chi connectivity index (χ4v) is 4.15. The average molecular weight is 667 g/mol. The van der Waals surface area contributed by atoms with Gasteiger partial charge in [0, 0.05) is 44.2 Å². The second kappa shape index (κ2) is 25.8. The molecule has 1 amide bonds. The fraction of sp³-hybridized carbons (Fsp3) is 0.742. The number of ketones is 1. The summed E-state index contributed by atoms with van der Waals surface area (Å²) in [5.41, 5.74) is 2.28. The van der Waals surface area contributed by atoms with Gasteiger partial charge >= 0.3 is 0 Å². The maximum absolute atomic E-state index is 12.8. The number of carbonyl (C=O) groups excluding carboxylic acids is 2. The molecular weight excluding hydrogens is 612 g/mol. The number of aryl methyl sites for hydroxylation is 1. The SMILES string of the molecule is C=C(CCOCCOCCOCc1c[nH]nn1)NC(CCCCNC(=O)CCOCCOCCOCc1cn(C)nn1)C(=O)C(C)C. The number of hydrogen-bond acceptors (Lipinski definition) is 13. The first-order valence-electron chi connectivity index (χ1n) is 16.3. The molecule has 47 heavy (non-hydrogen) atoms. The number of rotatable bonds is 31. The monoisotopic (exact) mass is 666 g/mol. The minimum absolute atomic E-state index is 0.0636. The molecule has 0 aliphatic heterocycles. The van der Waals surface area contributed by atoms with Crippen molar-refractivity contribution >= 4 is 11.7 Å². The van der Waals surface area contributed by atoms with Gasteiger partial charge in [0.15, 0.2) is 5.78 Å². The van der Waals surface area contributed by atoms with Gasteiger partial charge in [-0.3, -0.25) is 19.4 Å². The summed E-state index contributed by atoms with van der Waals surface area (Å²) in [6.45, 7) is 13.6. The second-order valence-corrected chi connectivity index (χ2v) is 11.1. The molecule has 2 rings (SSSR count). The minimum Gasteiger partial charge on any atom is -0.379 e. The van der Waals surface area contributed by atoms with Crippen molar-refractivity contribution in [2.45, 2.75) is 65.2 Å². The van der Waals surface area contributed by atoms with Gasteiger partial charge < -0.3 is 39.1 Å². The summed E-state index contributed by atoms with van der Waals surface area (Å²) in [6, 6.07) is -0.320. The number of hydrogen-bond donors (Lipinski definition) is 3. The van der Waals surface area contributed by atoms with Crippen LogP contribution < -0.4 is 10.6 Å². The number of nitrogens with one attached hydrogen (secondary N) is 3. The van der Waals surface area contributed by atoms with Gasteiger partial charge in [-0.25, -0.2) is 0 Å². The molecule has 0 radical (unpaired) electrons. The lowest BCUT2D eigenvalue weighted by atomic mass is 9.97. The fourth-order valence-electron chi connectivity index (χ4n) is 4.15. The Morgan fingerprint density at radius 1 is 0.830 bits per heavy atom. The molecule has 2 aromatic heterocycles. The van der Waals surface area contributed by atoms with E-state index < -0.39 is 0 Å². The highest BCUT2D eigenvalue weighted by atomic mass is 16.5. The van der Waals surface area contributed by atoms with E-state index in [1.54, 1.807) is 24.1 Å². The number of Topliss-reactive ketones (excluding diaryl/α,β-unsaturated/α-hetero) is 1. The standard InChI is InChI=1S/C31H54N8O8/c1-25(2)31(41)29(34-26(3)8-11-42-13-15-44-17-19-46-23-27-21-33-37-35-27)7-5-6-10-32-30(40)9-12-43-14-16-45-18-20-47-24-28-22-39(4)38-36-28/h21-22,25,29,34H,3,5-20,23-24H2,1-2,4H3,(H,32,40)(H,33,35,37). The van der Waals surface area contributed by atoms with Gasteiger partial charge in [0.05, 0.1) is 91.5 Å². The van der Waals surface area contributed by atoms with Crippen LogP contribution in [0.15, 0.2) is 24.7 Å². The predicted octanol–water partition coefficient (Wildman–Crippen LogP) is 1.50. The Bertz CT molecular complexity index is 1100. The molecule has 1 atom stereocenters. The van der Waals surface area contributed by atoms with Crippen LogP contribution >= 0.6 is 0 Å². The Morgan fingerprint density at radius 3 is 2.00 bits per heavy atom. The lowest BCUT2D eigenvalue weighted by Crippen LogP contribution is -2.38. The van der Waals surface area contributed by atoms with Crippen molar-refractivity contribution < 1.29 is 38.0 Å². The van der Waals surface area contributed by atoms with Gasteiger partial charge in [-0.1, -0.05) is 30.9 Å². The molecule has 16 nitrogen and oxygen atoms in total. The number of H-pyrrole nitrogens is 1. The topological polar surface area (TPSA) is 186 Å². The molecule has 2 aromatic rings. The zero-order valence-corrected chi connectivity index (χ0v) is 28.2. The third-order valence-electron chi connectivity index (χ3n) is 6.66. The maximum Gasteiger partial charge on any atom is 0.222 e. The van der Waals surface area contributed by atoms with E-state index in [4.69, 9.17) is 28.4 Å². The molecule has 0 saturated heterocycles. The lowest BCUT2D eigenvalue weighted by Gasteiger charge is -2.22. The third-order valence-corrected chi connectivity index (χ3v) is 6.66. The van der Waals surface area contributed by atoms with Crippen LogP contribution in [0, 0.1) is 5.92 Å². The summed E-state index contributed by atoms with van der Waals surface area (Å²) < 4.78 is 34.6. The molecule has 0 saturated carbocycles. The Kier molecular flexibility index (Phi) is 21.9. The van der Waals surface area contributed by atoms with E-state index in [1.165, 1.54) is 0 Å². The number of carbonyl (C=O) groups is 2. The average Bonchev–Trinajstić information content (AvgIpc) is 3.73. The van der Waals surface area contributed by atoms with E-state index in [0.29, 0.717) is 98.7 Å². The van der Waals surface area contributed by atoms with Crippen molar-refractivity contribution in [2.24, 2.45) is 13.0 Å². The first-order valence-corrected chi connectivity index (χ1v) is 16.3. The second-order valence-electron chi connectivity index (χ2n) is 11.1. The normalized spacial score (nSPS) is 12.0. The molecule has 0 fully saturated rings. The van der Waals surface area contributed by atoms with Crippen molar-refractivity contribution in [1.82, 2.24) is 41.0 Å². The summed E-state index contributed by atoms with van der Waals surface area (Å²) in [7, 11) is 1.80. The summed E-state index contributed by atoms with van der Waals surface area (Å²) >= 11 is 0. The number of ether oxygens (including phenoxy) is 6. The molecule has 0 aromatic carbocycles. The predicted molar refractivity (Wildman–Crippen MR) is 172 cm³/mol. The van der Waals surface area contributed by atoms with Gasteiger partial charge in [-0.05, 0) is 19.3 Å². The first kappa shape index (κ1) is 39.9. The summed E-state index contributed by atoms with van der Waals surface area (Å²) in [4.78, 5) is 24.9. The molecule has 0 aliphatic rings. The van der Waals surface area contributed by atoms with Crippen LogP contribution in [0.5, 0.6) is 0 Å². The molecule has 0 bridgehead atoms. The van der Waals surface area contributed by atoms with Crippen LogP contribution in [0.4, 0.5) is 0 Å². The number of aromatic nitrogens is 6. The zero-order valence-electron chi connectivity index (χ0n) is 28.2. The molecule has 1 unspecified atom stereocenters. The molecule has 16 heteroatoms. The number of unbranched alkanes of at least 4 members (excludes halogenated alkanes) is 1. The van der Waals surface area contributed by atoms with E-state index >= 15 is 0 Å². The molecule has 3 N–H and O–H groups in total. The van der Waals surface area contributed by atoms with Crippen LogP contribution in [-0.2, 0) is 58.3 Å². The third kappa shape index (κ3) is 20.5. The van der Waals surface area contributed by atoms with Crippen molar-refractivity contribution in [2.75, 3.05) is 72.6 Å². The number of amides is 1. The van der Waals surface area contributed by atoms with Crippen LogP contribution in [0.2, 0.25) is 0 Å². The van der Waals surface area contributed by atoms with E-state index in [2.05, 4.69) is 42.9 Å². The highest BCUT2D eigenvalue weighted by Crippen LogP contribution is 2.10. The van der Waals surface area contributed by atoms with Crippen molar-refractivity contribution in [3.05, 3.63) is 36.1 Å². The van der Waals surface area contributed by atoms with Gasteiger partial charge in [0.1, 0.15) is 11.4 Å². The Hall–Kier alpha value is -3.28. The quantitative estimate of drug-likeness (QED) is 0.0984. The summed E-state index contributed by atoms with van der Waals surface area (Å²) in [6.07, 6.45) is 6.57. The molecule has 0 spiro atoms. The Morgan fingerprint density at radius 2 is 1.43 bits per heavy atom. The largest absolute Gasteiger partial charge is 0.379 e. The summed E-state index contributed by atoms with van der Waals surface area (Å²) in [5, 5.41) is 24.1. The zero-order chi connectivity index (χ0) is 34.0. The van der Waals surface area contributed by atoms with Gasteiger partial charge in [-0.2, -0.15) is 0 Å². The van der Waals surface area contributed by atoms with Crippen molar-refractivity contribution in [3.63, 3.8) is 0 Å². The molecular formula is C31H54N8O8. The lowest BCUT2D eigenvalue weighted by molar-refractivity contribution is -0.124. The van der Waals surface area contributed by atoms with E-state index in [1.807, 2.05) is 13.8 Å². The van der Waals surface area contributed by atoms with Gasteiger partial charge in [0.25, 0.3) is 0 Å². The number of nitrogens with zero attached hydrogens (tertiary/aromatic N) is 5. The first-order chi connectivity index (χ1) is 22.8. The molecule has 0 aliphatic carbocycles. The Balaban J connectivity index is 1.41. The minimum atomic E-state index is -0.320. The van der Waals surface area contributed by atoms with Crippen LogP contribution in [0.3, 0.4) is 0 Å². The van der Waals surface area contributed by atoms with Crippen LogP contribution in [-0.4, -0.2) is 121 Å². The maximum atomic E-state index is 12.8. The van der Waals surface area contributed by atoms with Crippen LogP contribution in [0.1, 0.15) is 57.3 Å².